The Hall–Kier alpha value is -3.86. The minimum atomic E-state index is -0.168. The van der Waals surface area contributed by atoms with Crippen molar-refractivity contribution in [3.05, 3.63) is 95.2 Å². The molecule has 0 unspecified atom stereocenters. The van der Waals surface area contributed by atoms with Gasteiger partial charge < -0.3 is 9.47 Å². The molecule has 1 aliphatic rings. The predicted molar refractivity (Wildman–Crippen MR) is 128 cm³/mol. The Bertz CT molecular complexity index is 1170. The Balaban J connectivity index is 1.77. The molecule has 0 aromatic heterocycles. The number of hydrogen-bond acceptors (Lipinski definition) is 4. The number of rotatable bonds is 7. The van der Waals surface area contributed by atoms with Gasteiger partial charge in [0.25, 0.3) is 5.91 Å². The van der Waals surface area contributed by atoms with Gasteiger partial charge in [0.05, 0.1) is 18.9 Å². The first-order chi connectivity index (χ1) is 15.6. The Kier molecular flexibility index (Phi) is 6.36. The van der Waals surface area contributed by atoms with Gasteiger partial charge in [0.15, 0.2) is 11.5 Å². The second-order valence-corrected chi connectivity index (χ2v) is 7.38. The van der Waals surface area contributed by atoms with Crippen LogP contribution in [0.5, 0.6) is 11.5 Å². The Morgan fingerprint density at radius 2 is 1.56 bits per heavy atom. The van der Waals surface area contributed by atoms with Gasteiger partial charge in [-0.15, -0.1) is 0 Å². The fraction of sp³-hybridized carbons (Fsp3) is 0.185. The van der Waals surface area contributed by atoms with Crippen molar-refractivity contribution in [2.45, 2.75) is 20.8 Å². The molecule has 1 aliphatic heterocycles. The molecule has 0 N–H and O–H groups in total. The first-order valence-corrected chi connectivity index (χ1v) is 10.8. The number of carbonyl (C=O) groups is 1. The van der Waals surface area contributed by atoms with Crippen molar-refractivity contribution in [2.24, 2.45) is 4.99 Å². The number of hydrogen-bond donors (Lipinski definition) is 0. The van der Waals surface area contributed by atoms with Crippen molar-refractivity contribution in [1.29, 1.82) is 0 Å². The molecule has 4 rings (SSSR count). The van der Waals surface area contributed by atoms with E-state index in [0.717, 1.165) is 22.4 Å². The molecule has 0 aliphatic carbocycles. The number of amides is 1. The number of carbonyl (C=O) groups excluding carboxylic acids is 1. The highest BCUT2D eigenvalue weighted by Gasteiger charge is 2.32. The lowest BCUT2D eigenvalue weighted by Crippen LogP contribution is -2.32. The lowest BCUT2D eigenvalue weighted by molar-refractivity contribution is -0.113. The average molecular weight is 427 g/mol. The van der Waals surface area contributed by atoms with E-state index in [4.69, 9.17) is 14.5 Å². The Morgan fingerprint density at radius 3 is 2.25 bits per heavy atom. The van der Waals surface area contributed by atoms with Crippen LogP contribution in [0.4, 0.5) is 5.69 Å². The van der Waals surface area contributed by atoms with E-state index in [9.17, 15) is 4.79 Å². The van der Waals surface area contributed by atoms with E-state index in [1.54, 1.807) is 11.0 Å². The molecule has 32 heavy (non-hydrogen) atoms. The smallest absolute Gasteiger partial charge is 0.282 e. The molecule has 0 atom stereocenters. The molecule has 0 fully saturated rings. The highest BCUT2D eigenvalue weighted by atomic mass is 16.5. The molecule has 5 nitrogen and oxygen atoms in total. The van der Waals surface area contributed by atoms with Gasteiger partial charge in [-0.2, -0.15) is 0 Å². The number of nitrogens with zero attached hydrogens (tertiary/aromatic N) is 2. The maximum atomic E-state index is 13.4. The normalized spacial score (nSPS) is 14.6. The summed E-state index contributed by atoms with van der Waals surface area (Å²) < 4.78 is 11.4. The number of ether oxygens (including phenoxy) is 2. The van der Waals surface area contributed by atoms with Crippen LogP contribution in [-0.2, 0) is 4.79 Å². The number of benzene rings is 3. The number of amidine groups is 1. The van der Waals surface area contributed by atoms with E-state index >= 15 is 0 Å². The lowest BCUT2D eigenvalue weighted by atomic mass is 10.1. The highest BCUT2D eigenvalue weighted by molar-refractivity contribution is 6.33. The minimum absolute atomic E-state index is 0.168. The summed E-state index contributed by atoms with van der Waals surface area (Å²) in [6, 6.07) is 23.2. The second-order valence-electron chi connectivity index (χ2n) is 7.38. The quantitative estimate of drug-likeness (QED) is 0.460. The second kappa shape index (κ2) is 9.52. The third-order valence-corrected chi connectivity index (χ3v) is 5.06. The third kappa shape index (κ3) is 4.42. The van der Waals surface area contributed by atoms with Crippen molar-refractivity contribution in [3.63, 3.8) is 0 Å². The summed E-state index contributed by atoms with van der Waals surface area (Å²) in [4.78, 5) is 19.8. The summed E-state index contributed by atoms with van der Waals surface area (Å²) in [6.45, 7) is 6.97. The molecule has 0 saturated heterocycles. The SMILES string of the molecule is CCOc1ccc(/C=C2/N=C(c3ccc(C)cc3)N(c3ccccc3)C2=O)cc1OCC. The molecule has 5 heteroatoms. The zero-order valence-corrected chi connectivity index (χ0v) is 18.5. The minimum Gasteiger partial charge on any atom is -0.490 e. The number of aryl methyl sites for hydroxylation is 1. The van der Waals surface area contributed by atoms with Crippen LogP contribution < -0.4 is 14.4 Å². The first-order valence-electron chi connectivity index (χ1n) is 10.8. The summed E-state index contributed by atoms with van der Waals surface area (Å²) in [5, 5.41) is 0. The molecule has 0 spiro atoms. The molecule has 0 bridgehead atoms. The molecule has 0 saturated carbocycles. The van der Waals surface area contributed by atoms with Gasteiger partial charge in [-0.05, 0) is 56.7 Å². The number of para-hydroxylation sites is 1. The van der Waals surface area contributed by atoms with Crippen molar-refractivity contribution in [2.75, 3.05) is 18.1 Å². The standard InChI is InChI=1S/C27H26N2O3/c1-4-31-24-16-13-20(18-25(24)32-5-2)17-23-27(30)29(22-9-7-6-8-10-22)26(28-23)21-14-11-19(3)12-15-21/h6-18H,4-5H2,1-3H3/b23-17+. The van der Waals surface area contributed by atoms with Crippen LogP contribution >= 0.6 is 0 Å². The Morgan fingerprint density at radius 1 is 0.875 bits per heavy atom. The van der Waals surface area contributed by atoms with Crippen LogP contribution in [0.25, 0.3) is 6.08 Å². The van der Waals surface area contributed by atoms with E-state index in [-0.39, 0.29) is 5.91 Å². The van der Waals surface area contributed by atoms with E-state index in [2.05, 4.69) is 0 Å². The van der Waals surface area contributed by atoms with Gasteiger partial charge in [-0.25, -0.2) is 4.99 Å². The van der Waals surface area contributed by atoms with E-state index in [1.807, 2.05) is 93.6 Å². The molecule has 3 aromatic rings. The number of aliphatic imine (C=N–C) groups is 1. The fourth-order valence-corrected chi connectivity index (χ4v) is 3.54. The summed E-state index contributed by atoms with van der Waals surface area (Å²) in [5.74, 6) is 1.78. The lowest BCUT2D eigenvalue weighted by Gasteiger charge is -2.18. The summed E-state index contributed by atoms with van der Waals surface area (Å²) in [7, 11) is 0. The average Bonchev–Trinajstić information content (AvgIpc) is 3.13. The van der Waals surface area contributed by atoms with Gasteiger partial charge in [0.1, 0.15) is 11.5 Å². The third-order valence-electron chi connectivity index (χ3n) is 5.06. The van der Waals surface area contributed by atoms with Crippen molar-refractivity contribution >= 4 is 23.5 Å². The fourth-order valence-electron chi connectivity index (χ4n) is 3.54. The zero-order valence-electron chi connectivity index (χ0n) is 18.5. The molecule has 0 radical (unpaired) electrons. The van der Waals surface area contributed by atoms with Crippen LogP contribution in [0.15, 0.2) is 83.5 Å². The van der Waals surface area contributed by atoms with E-state index < -0.39 is 0 Å². The zero-order chi connectivity index (χ0) is 22.5. The number of anilines is 1. The largest absolute Gasteiger partial charge is 0.490 e. The van der Waals surface area contributed by atoms with Crippen molar-refractivity contribution in [1.82, 2.24) is 0 Å². The summed E-state index contributed by atoms with van der Waals surface area (Å²) in [5.41, 5.74) is 4.01. The maximum Gasteiger partial charge on any atom is 0.282 e. The molecule has 3 aromatic carbocycles. The molecule has 1 amide bonds. The van der Waals surface area contributed by atoms with Crippen LogP contribution in [-0.4, -0.2) is 25.0 Å². The first kappa shape index (κ1) is 21.4. The predicted octanol–water partition coefficient (Wildman–Crippen LogP) is 5.63. The van der Waals surface area contributed by atoms with E-state index in [0.29, 0.717) is 36.2 Å². The monoisotopic (exact) mass is 426 g/mol. The van der Waals surface area contributed by atoms with Gasteiger partial charge in [0, 0.05) is 5.56 Å². The molecule has 162 valence electrons. The van der Waals surface area contributed by atoms with E-state index in [1.165, 1.54) is 0 Å². The van der Waals surface area contributed by atoms with Gasteiger partial charge >= 0.3 is 0 Å². The van der Waals surface area contributed by atoms with Crippen LogP contribution in [0.2, 0.25) is 0 Å². The maximum absolute atomic E-state index is 13.4. The van der Waals surface area contributed by atoms with Crippen LogP contribution in [0.1, 0.15) is 30.5 Å². The molecular weight excluding hydrogens is 400 g/mol. The van der Waals surface area contributed by atoms with Crippen LogP contribution in [0, 0.1) is 6.92 Å². The van der Waals surface area contributed by atoms with Gasteiger partial charge in [-0.3, -0.25) is 9.69 Å². The van der Waals surface area contributed by atoms with Gasteiger partial charge in [-0.1, -0.05) is 54.1 Å². The van der Waals surface area contributed by atoms with Crippen LogP contribution in [0.3, 0.4) is 0 Å². The van der Waals surface area contributed by atoms with Crippen molar-refractivity contribution < 1.29 is 14.3 Å². The molecular formula is C27H26N2O3. The van der Waals surface area contributed by atoms with Gasteiger partial charge in [0.2, 0.25) is 0 Å². The highest BCUT2D eigenvalue weighted by Crippen LogP contribution is 2.32. The molecule has 1 heterocycles. The summed E-state index contributed by atoms with van der Waals surface area (Å²) >= 11 is 0. The Labute approximate surface area is 188 Å². The summed E-state index contributed by atoms with van der Waals surface area (Å²) in [6.07, 6.45) is 1.79. The topological polar surface area (TPSA) is 51.1 Å². The van der Waals surface area contributed by atoms with Crippen molar-refractivity contribution in [3.8, 4) is 11.5 Å².